The molecule has 156 valence electrons. The molecule has 8 unspecified atom stereocenters. The highest BCUT2D eigenvalue weighted by molar-refractivity contribution is 5.98. The van der Waals surface area contributed by atoms with Gasteiger partial charge in [-0.2, -0.15) is 0 Å². The van der Waals surface area contributed by atoms with Crippen LogP contribution in [0.3, 0.4) is 0 Å². The van der Waals surface area contributed by atoms with Crippen molar-refractivity contribution in [1.29, 1.82) is 0 Å². The number of ether oxygens (including phenoxy) is 3. The monoisotopic (exact) mass is 399 g/mol. The summed E-state index contributed by atoms with van der Waals surface area (Å²) < 4.78 is 16.1. The summed E-state index contributed by atoms with van der Waals surface area (Å²) in [6, 6.07) is 5.71. The number of nitrogens with one attached hydrogen (secondary N) is 1. The van der Waals surface area contributed by atoms with Gasteiger partial charge >= 0.3 is 0 Å². The Morgan fingerprint density at radius 1 is 1.07 bits per heavy atom. The zero-order chi connectivity index (χ0) is 20.4. The predicted molar refractivity (Wildman–Crippen MR) is 94.7 cm³/mol. The molecular weight excluding hydrogens is 374 g/mol. The van der Waals surface area contributed by atoms with E-state index in [0.717, 1.165) is 0 Å². The molecule has 1 heterocycles. The smallest absolute Gasteiger partial charge is 0.229 e. The second-order valence-electron chi connectivity index (χ2n) is 6.73. The Morgan fingerprint density at radius 3 is 2.36 bits per heavy atom. The summed E-state index contributed by atoms with van der Waals surface area (Å²) in [7, 11) is 0. The normalized spacial score (nSPS) is 38.0. The number of Topliss-reactive ketones (excluding diaryl/α,β-unsaturated/α-hetero) is 1. The van der Waals surface area contributed by atoms with E-state index in [2.05, 4.69) is 5.32 Å². The van der Waals surface area contributed by atoms with Gasteiger partial charge in [-0.25, -0.2) is 0 Å². The van der Waals surface area contributed by atoms with E-state index in [9.17, 15) is 30.3 Å². The number of ketones is 1. The number of carbonyl (C=O) groups is 1. The number of rotatable bonds is 7. The molecule has 3 rings (SSSR count). The minimum atomic E-state index is -1.52. The number of carbonyl (C=O) groups excluding carboxylic acids is 1. The van der Waals surface area contributed by atoms with Crippen LogP contribution >= 0.6 is 0 Å². The van der Waals surface area contributed by atoms with Crippen LogP contribution in [0.2, 0.25) is 0 Å². The standard InChI is InChI=1S/C18H25NO9/c1-2-26-17-11(13(22)15(17)24)19-8-3-5-9(6-4-8)27-18-16(25)14(23)12(21)10(7-20)28-18/h3-6,10-12,14-21,23-25H,2,7H2,1H3. The molecule has 0 amide bonds. The van der Waals surface area contributed by atoms with Gasteiger partial charge in [-0.1, -0.05) is 0 Å². The second-order valence-corrected chi connectivity index (χ2v) is 6.73. The minimum Gasteiger partial charge on any atom is -0.462 e. The Kier molecular flexibility index (Phi) is 6.50. The van der Waals surface area contributed by atoms with Crippen LogP contribution in [0.25, 0.3) is 0 Å². The number of anilines is 1. The van der Waals surface area contributed by atoms with Crippen LogP contribution in [0.5, 0.6) is 5.75 Å². The van der Waals surface area contributed by atoms with Gasteiger partial charge in [0.2, 0.25) is 6.29 Å². The van der Waals surface area contributed by atoms with Crippen LogP contribution in [0.15, 0.2) is 24.3 Å². The first kappa shape index (κ1) is 20.9. The van der Waals surface area contributed by atoms with Crippen LogP contribution < -0.4 is 10.1 Å². The average Bonchev–Trinajstić information content (AvgIpc) is 2.71. The third-order valence-corrected chi connectivity index (χ3v) is 4.87. The summed E-state index contributed by atoms with van der Waals surface area (Å²) in [5.74, 6) is -0.0451. The lowest BCUT2D eigenvalue weighted by molar-refractivity contribution is -0.277. The molecular formula is C18H25NO9. The summed E-state index contributed by atoms with van der Waals surface area (Å²) >= 11 is 0. The third-order valence-electron chi connectivity index (χ3n) is 4.87. The molecule has 0 bridgehead atoms. The van der Waals surface area contributed by atoms with Crippen molar-refractivity contribution >= 4 is 11.5 Å². The van der Waals surface area contributed by atoms with Crippen molar-refractivity contribution in [1.82, 2.24) is 0 Å². The lowest BCUT2D eigenvalue weighted by Crippen LogP contribution is -2.65. The van der Waals surface area contributed by atoms with Crippen LogP contribution in [-0.4, -0.2) is 93.5 Å². The molecule has 10 nitrogen and oxygen atoms in total. The van der Waals surface area contributed by atoms with Crippen LogP contribution in [0.1, 0.15) is 6.92 Å². The van der Waals surface area contributed by atoms with Crippen LogP contribution in [0, 0.1) is 0 Å². The van der Waals surface area contributed by atoms with Crippen molar-refractivity contribution < 1.29 is 44.5 Å². The summed E-state index contributed by atoms with van der Waals surface area (Å²) in [6.07, 6.45) is -8.56. The molecule has 0 aromatic heterocycles. The molecule has 28 heavy (non-hydrogen) atoms. The fraction of sp³-hybridized carbons (Fsp3) is 0.611. The average molecular weight is 399 g/mol. The molecule has 0 radical (unpaired) electrons. The van der Waals surface area contributed by atoms with Crippen molar-refractivity contribution in [3.8, 4) is 5.75 Å². The van der Waals surface area contributed by atoms with Crippen molar-refractivity contribution in [2.75, 3.05) is 18.5 Å². The lowest BCUT2D eigenvalue weighted by atomic mass is 9.83. The zero-order valence-corrected chi connectivity index (χ0v) is 15.2. The first-order valence-corrected chi connectivity index (χ1v) is 9.04. The molecule has 1 aliphatic heterocycles. The van der Waals surface area contributed by atoms with Crippen LogP contribution in [-0.2, 0) is 14.3 Å². The molecule has 6 N–H and O–H groups in total. The Hall–Kier alpha value is -1.79. The van der Waals surface area contributed by atoms with E-state index in [-0.39, 0.29) is 5.78 Å². The zero-order valence-electron chi connectivity index (χ0n) is 15.2. The molecule has 2 aliphatic rings. The van der Waals surface area contributed by atoms with E-state index in [1.54, 1.807) is 31.2 Å². The molecule has 2 fully saturated rings. The summed E-state index contributed by atoms with van der Waals surface area (Å²) in [5, 5.41) is 51.4. The van der Waals surface area contributed by atoms with Gasteiger partial charge in [0.05, 0.1) is 6.61 Å². The second kappa shape index (κ2) is 8.70. The molecule has 10 heteroatoms. The van der Waals surface area contributed by atoms with E-state index in [1.807, 2.05) is 0 Å². The Balaban J connectivity index is 1.61. The highest BCUT2D eigenvalue weighted by Gasteiger charge is 2.50. The maximum absolute atomic E-state index is 11.8. The van der Waals surface area contributed by atoms with Crippen LogP contribution in [0.4, 0.5) is 5.69 Å². The molecule has 1 aromatic rings. The van der Waals surface area contributed by atoms with E-state index in [1.165, 1.54) is 0 Å². The maximum Gasteiger partial charge on any atom is 0.229 e. The van der Waals surface area contributed by atoms with Crippen molar-refractivity contribution in [2.24, 2.45) is 0 Å². The Bertz CT molecular complexity index is 668. The molecule has 8 atom stereocenters. The molecule has 1 saturated carbocycles. The van der Waals surface area contributed by atoms with E-state index >= 15 is 0 Å². The van der Waals surface area contributed by atoms with Gasteiger partial charge < -0.3 is 45.1 Å². The van der Waals surface area contributed by atoms with Crippen molar-refractivity contribution in [3.05, 3.63) is 24.3 Å². The molecule has 0 spiro atoms. The number of hydrogen-bond acceptors (Lipinski definition) is 10. The minimum absolute atomic E-state index is 0.302. The Morgan fingerprint density at radius 2 is 1.75 bits per heavy atom. The number of aliphatic hydroxyl groups is 5. The Labute approximate surface area is 161 Å². The molecule has 1 aromatic carbocycles. The van der Waals surface area contributed by atoms with E-state index < -0.39 is 55.6 Å². The maximum atomic E-state index is 11.8. The van der Waals surface area contributed by atoms with Gasteiger partial charge in [-0.3, -0.25) is 4.79 Å². The van der Waals surface area contributed by atoms with E-state index in [4.69, 9.17) is 14.2 Å². The van der Waals surface area contributed by atoms with E-state index in [0.29, 0.717) is 18.0 Å². The van der Waals surface area contributed by atoms with Gasteiger partial charge in [0, 0.05) is 12.3 Å². The summed E-state index contributed by atoms with van der Waals surface area (Å²) in [5.41, 5.74) is 0.594. The number of benzene rings is 1. The fourth-order valence-electron chi connectivity index (χ4n) is 3.21. The number of aliphatic hydroxyl groups excluding tert-OH is 5. The lowest BCUT2D eigenvalue weighted by Gasteiger charge is -2.40. The topological polar surface area (TPSA) is 158 Å². The van der Waals surface area contributed by atoms with Gasteiger partial charge in [0.1, 0.15) is 48.4 Å². The van der Waals surface area contributed by atoms with Crippen molar-refractivity contribution in [3.63, 3.8) is 0 Å². The van der Waals surface area contributed by atoms with Gasteiger partial charge in [-0.05, 0) is 31.2 Å². The largest absolute Gasteiger partial charge is 0.462 e. The molecule has 1 saturated heterocycles. The van der Waals surface area contributed by atoms with Gasteiger partial charge in [0.15, 0.2) is 5.78 Å². The van der Waals surface area contributed by atoms with Gasteiger partial charge in [-0.15, -0.1) is 0 Å². The first-order chi connectivity index (χ1) is 13.4. The fourth-order valence-corrected chi connectivity index (χ4v) is 3.21. The van der Waals surface area contributed by atoms with Gasteiger partial charge in [0.25, 0.3) is 0 Å². The first-order valence-electron chi connectivity index (χ1n) is 9.04. The third kappa shape index (κ3) is 3.98. The number of hydrogen-bond donors (Lipinski definition) is 6. The summed E-state index contributed by atoms with van der Waals surface area (Å²) in [6.45, 7) is 1.60. The SMILES string of the molecule is CCOC1C(O)C(=O)C1Nc1ccc(OC2OC(CO)C(O)C(O)C2O)cc1. The summed E-state index contributed by atoms with van der Waals surface area (Å²) in [4.78, 5) is 11.8. The predicted octanol–water partition coefficient (Wildman–Crippen LogP) is -2.01. The molecule has 1 aliphatic carbocycles. The van der Waals surface area contributed by atoms with Crippen molar-refractivity contribution in [2.45, 2.75) is 55.9 Å². The highest BCUT2D eigenvalue weighted by Crippen LogP contribution is 2.27. The quantitative estimate of drug-likeness (QED) is 0.303. The highest BCUT2D eigenvalue weighted by atomic mass is 16.7.